The van der Waals surface area contributed by atoms with Crippen molar-refractivity contribution in [3.05, 3.63) is 50.5 Å². The van der Waals surface area contributed by atoms with E-state index >= 15 is 0 Å². The maximum absolute atomic E-state index is 12.7. The molecule has 3 aromatic rings. The molecule has 1 unspecified atom stereocenters. The number of methoxy groups -OCH3 is 1. The molecule has 1 N–H and O–H groups in total. The van der Waals surface area contributed by atoms with E-state index in [1.165, 1.54) is 35.3 Å². The van der Waals surface area contributed by atoms with Crippen LogP contribution >= 0.6 is 11.3 Å². The molecular weight excluding hydrogens is 408 g/mol. The van der Waals surface area contributed by atoms with Crippen LogP contribution in [0.2, 0.25) is 0 Å². The number of hydrogen-bond donors (Lipinski definition) is 1. The Morgan fingerprint density at radius 1 is 1.43 bits per heavy atom. The molecule has 0 bridgehead atoms. The van der Waals surface area contributed by atoms with Crippen LogP contribution in [-0.2, 0) is 28.9 Å². The average Bonchev–Trinajstić information content (AvgIpc) is 3.27. The highest BCUT2D eigenvalue weighted by molar-refractivity contribution is 7.17. The maximum Gasteiger partial charge on any atom is 0.341 e. The molecule has 0 fully saturated rings. The summed E-state index contributed by atoms with van der Waals surface area (Å²) in [4.78, 5) is 36.8. The third kappa shape index (κ3) is 3.65. The molecule has 156 valence electrons. The van der Waals surface area contributed by atoms with E-state index in [9.17, 15) is 19.7 Å². The predicted molar refractivity (Wildman–Crippen MR) is 112 cm³/mol. The largest absolute Gasteiger partial charge is 0.465 e. The molecule has 1 aliphatic rings. The molecule has 0 saturated heterocycles. The first-order valence-electron chi connectivity index (χ1n) is 9.50. The number of aromatic nitrogens is 2. The zero-order valence-electron chi connectivity index (χ0n) is 16.5. The molecule has 9 nitrogen and oxygen atoms in total. The van der Waals surface area contributed by atoms with Crippen LogP contribution < -0.4 is 5.32 Å². The van der Waals surface area contributed by atoms with Crippen molar-refractivity contribution in [1.82, 2.24) is 9.78 Å². The highest BCUT2D eigenvalue weighted by atomic mass is 32.1. The highest BCUT2D eigenvalue weighted by Crippen LogP contribution is 2.40. The lowest BCUT2D eigenvalue weighted by molar-refractivity contribution is -0.384. The zero-order chi connectivity index (χ0) is 21.4. The SMILES string of the molecule is COC(=O)c1c(NC(=O)Cn2ncc3ccc([N+](=O)[O-])cc32)sc2c1CCC(C)C2. The Morgan fingerprint density at radius 3 is 2.97 bits per heavy atom. The van der Waals surface area contributed by atoms with Crippen LogP contribution in [0.5, 0.6) is 0 Å². The molecule has 1 aromatic carbocycles. The van der Waals surface area contributed by atoms with E-state index in [1.807, 2.05) is 0 Å². The number of ether oxygens (including phenoxy) is 1. The molecular formula is C20H20N4O5S. The number of rotatable bonds is 5. The van der Waals surface area contributed by atoms with Crippen molar-refractivity contribution in [2.24, 2.45) is 5.92 Å². The van der Waals surface area contributed by atoms with Gasteiger partial charge >= 0.3 is 5.97 Å². The van der Waals surface area contributed by atoms with Crippen molar-refractivity contribution in [3.63, 3.8) is 0 Å². The van der Waals surface area contributed by atoms with E-state index in [0.29, 0.717) is 27.4 Å². The summed E-state index contributed by atoms with van der Waals surface area (Å²) in [5.41, 5.74) is 1.81. The van der Waals surface area contributed by atoms with Crippen LogP contribution in [0.1, 0.15) is 34.1 Å². The standard InChI is InChI=1S/C20H20N4O5S/c1-11-3-6-14-16(7-11)30-19(18(14)20(26)29-2)22-17(25)10-23-15-8-13(24(27)28)5-4-12(15)9-21-23/h4-5,8-9,11H,3,6-7,10H2,1-2H3,(H,22,25). The minimum atomic E-state index is -0.489. The third-order valence-corrected chi connectivity index (χ3v) is 6.46. The molecule has 10 heteroatoms. The molecule has 2 heterocycles. The first kappa shape index (κ1) is 20.0. The first-order chi connectivity index (χ1) is 14.4. The van der Waals surface area contributed by atoms with Gasteiger partial charge in [0.1, 0.15) is 11.5 Å². The van der Waals surface area contributed by atoms with E-state index in [-0.39, 0.29) is 18.1 Å². The van der Waals surface area contributed by atoms with Gasteiger partial charge in [-0.3, -0.25) is 19.6 Å². The summed E-state index contributed by atoms with van der Waals surface area (Å²) in [5, 5.41) is 19.2. The summed E-state index contributed by atoms with van der Waals surface area (Å²) in [7, 11) is 1.33. The number of nitro benzene ring substituents is 1. The number of nitro groups is 1. The predicted octanol–water partition coefficient (Wildman–Crippen LogP) is 3.56. The summed E-state index contributed by atoms with van der Waals surface area (Å²) in [5.74, 6) is -0.308. The van der Waals surface area contributed by atoms with Crippen LogP contribution in [0.3, 0.4) is 0 Å². The summed E-state index contributed by atoms with van der Waals surface area (Å²) in [6, 6.07) is 4.38. The molecule has 0 spiro atoms. The molecule has 0 saturated carbocycles. The number of fused-ring (bicyclic) bond motifs is 2. The number of carbonyl (C=O) groups excluding carboxylic acids is 2. The first-order valence-corrected chi connectivity index (χ1v) is 10.3. The second-order valence-electron chi connectivity index (χ2n) is 7.40. The second-order valence-corrected chi connectivity index (χ2v) is 8.50. The van der Waals surface area contributed by atoms with E-state index in [0.717, 1.165) is 29.7 Å². The van der Waals surface area contributed by atoms with Gasteiger partial charge in [-0.15, -0.1) is 11.3 Å². The Kier molecular flexibility index (Phi) is 5.25. The number of amides is 1. The fraction of sp³-hybridized carbons (Fsp3) is 0.350. The van der Waals surface area contributed by atoms with Crippen molar-refractivity contribution >= 4 is 44.8 Å². The van der Waals surface area contributed by atoms with E-state index in [4.69, 9.17) is 4.74 Å². The topological polar surface area (TPSA) is 116 Å². The van der Waals surface area contributed by atoms with Crippen LogP contribution in [-0.4, -0.2) is 33.7 Å². The summed E-state index contributed by atoms with van der Waals surface area (Å²) >= 11 is 1.41. The van der Waals surface area contributed by atoms with Gasteiger partial charge in [0.25, 0.3) is 5.69 Å². The monoisotopic (exact) mass is 428 g/mol. The van der Waals surface area contributed by atoms with Gasteiger partial charge in [-0.2, -0.15) is 5.10 Å². The van der Waals surface area contributed by atoms with Gasteiger partial charge in [0.2, 0.25) is 5.91 Å². The van der Waals surface area contributed by atoms with E-state index in [1.54, 1.807) is 12.3 Å². The molecule has 0 radical (unpaired) electrons. The summed E-state index contributed by atoms with van der Waals surface area (Å²) < 4.78 is 6.35. The number of benzene rings is 1. The molecule has 1 aliphatic carbocycles. The van der Waals surface area contributed by atoms with Gasteiger partial charge in [0.15, 0.2) is 0 Å². The molecule has 0 aliphatic heterocycles. The fourth-order valence-electron chi connectivity index (χ4n) is 3.76. The quantitative estimate of drug-likeness (QED) is 0.377. The van der Waals surface area contributed by atoms with Gasteiger partial charge < -0.3 is 10.1 Å². The van der Waals surface area contributed by atoms with Gasteiger partial charge in [0.05, 0.1) is 29.3 Å². The number of non-ortho nitro benzene ring substituents is 1. The molecule has 1 amide bonds. The van der Waals surface area contributed by atoms with Crippen molar-refractivity contribution < 1.29 is 19.2 Å². The lowest BCUT2D eigenvalue weighted by Crippen LogP contribution is -2.20. The second kappa shape index (κ2) is 7.86. The van der Waals surface area contributed by atoms with E-state index in [2.05, 4.69) is 17.3 Å². The third-order valence-electron chi connectivity index (χ3n) is 5.29. The molecule has 4 rings (SSSR count). The number of carbonyl (C=O) groups is 2. The summed E-state index contributed by atoms with van der Waals surface area (Å²) in [6.45, 7) is 2.03. The fourth-order valence-corrected chi connectivity index (χ4v) is 5.17. The lowest BCUT2D eigenvalue weighted by atomic mass is 9.88. The Labute approximate surface area is 175 Å². The van der Waals surface area contributed by atoms with Crippen molar-refractivity contribution in [1.29, 1.82) is 0 Å². The van der Waals surface area contributed by atoms with Crippen LogP contribution in [0.25, 0.3) is 10.9 Å². The normalized spacial score (nSPS) is 15.6. The van der Waals surface area contributed by atoms with E-state index < -0.39 is 10.9 Å². The van der Waals surface area contributed by atoms with Crippen molar-refractivity contribution in [3.8, 4) is 0 Å². The Morgan fingerprint density at radius 2 is 2.23 bits per heavy atom. The maximum atomic E-state index is 12.7. The minimum Gasteiger partial charge on any atom is -0.465 e. The Hall–Kier alpha value is -3.27. The van der Waals surface area contributed by atoms with Crippen LogP contribution in [0.15, 0.2) is 24.4 Å². The van der Waals surface area contributed by atoms with Crippen LogP contribution in [0.4, 0.5) is 10.7 Å². The average molecular weight is 428 g/mol. The minimum absolute atomic E-state index is 0.0716. The Bertz CT molecular complexity index is 1170. The number of esters is 1. The number of hydrogen-bond acceptors (Lipinski definition) is 7. The van der Waals surface area contributed by atoms with Gasteiger partial charge in [0, 0.05) is 22.4 Å². The van der Waals surface area contributed by atoms with Crippen molar-refractivity contribution in [2.45, 2.75) is 32.7 Å². The number of thiophene rings is 1. The molecule has 30 heavy (non-hydrogen) atoms. The number of nitrogens with one attached hydrogen (secondary N) is 1. The van der Waals surface area contributed by atoms with Gasteiger partial charge in [-0.1, -0.05) is 6.92 Å². The molecule has 2 aromatic heterocycles. The number of nitrogens with zero attached hydrogens (tertiary/aromatic N) is 3. The van der Waals surface area contributed by atoms with Crippen LogP contribution in [0, 0.1) is 16.0 Å². The van der Waals surface area contributed by atoms with Crippen molar-refractivity contribution in [2.75, 3.05) is 12.4 Å². The lowest BCUT2D eigenvalue weighted by Gasteiger charge is -2.18. The smallest absolute Gasteiger partial charge is 0.341 e. The zero-order valence-corrected chi connectivity index (χ0v) is 17.3. The highest BCUT2D eigenvalue weighted by Gasteiger charge is 2.29. The Balaban J connectivity index is 1.60. The molecule has 1 atom stereocenters. The van der Waals surface area contributed by atoms with Gasteiger partial charge in [-0.05, 0) is 36.8 Å². The number of anilines is 1. The summed E-state index contributed by atoms with van der Waals surface area (Å²) in [6.07, 6.45) is 4.19. The van der Waals surface area contributed by atoms with Gasteiger partial charge in [-0.25, -0.2) is 4.79 Å².